The Morgan fingerprint density at radius 1 is 1.39 bits per heavy atom. The fourth-order valence-electron chi connectivity index (χ4n) is 1.87. The quantitative estimate of drug-likeness (QED) is 0.898. The third kappa shape index (κ3) is 5.04. The predicted molar refractivity (Wildman–Crippen MR) is 74.8 cm³/mol. The van der Waals surface area contributed by atoms with Crippen molar-refractivity contribution in [3.05, 3.63) is 34.1 Å². The third-order valence-corrected chi connectivity index (χ3v) is 4.12. The van der Waals surface area contributed by atoms with Crippen LogP contribution in [0, 0.1) is 5.82 Å². The van der Waals surface area contributed by atoms with Gasteiger partial charge in [-0.15, -0.1) is 0 Å². The topological polar surface area (TPSA) is 46.2 Å². The molecule has 18 heavy (non-hydrogen) atoms. The number of benzene rings is 1. The lowest BCUT2D eigenvalue weighted by molar-refractivity contribution is 0.480. The number of sulfone groups is 1. The van der Waals surface area contributed by atoms with E-state index in [0.717, 1.165) is 0 Å². The van der Waals surface area contributed by atoms with Gasteiger partial charge in [-0.3, -0.25) is 0 Å². The molecule has 2 atom stereocenters. The molecule has 1 rings (SSSR count). The first kappa shape index (κ1) is 15.6. The van der Waals surface area contributed by atoms with Gasteiger partial charge in [-0.05, 0) is 26.0 Å². The van der Waals surface area contributed by atoms with Crippen LogP contribution in [0.1, 0.15) is 25.5 Å². The van der Waals surface area contributed by atoms with Crippen LogP contribution in [-0.4, -0.2) is 26.5 Å². The zero-order chi connectivity index (χ0) is 13.9. The fraction of sp³-hybridized carbons (Fsp3) is 0.500. The summed E-state index contributed by atoms with van der Waals surface area (Å²) >= 11 is 3.20. The molecule has 1 aromatic rings. The van der Waals surface area contributed by atoms with Crippen molar-refractivity contribution in [1.82, 2.24) is 5.32 Å². The van der Waals surface area contributed by atoms with Crippen molar-refractivity contribution in [1.29, 1.82) is 0 Å². The van der Waals surface area contributed by atoms with E-state index in [4.69, 9.17) is 0 Å². The number of halogens is 2. The molecule has 6 heteroatoms. The summed E-state index contributed by atoms with van der Waals surface area (Å²) in [6.45, 7) is 3.58. The molecule has 0 aliphatic carbocycles. The van der Waals surface area contributed by atoms with Crippen LogP contribution < -0.4 is 5.32 Å². The van der Waals surface area contributed by atoms with Gasteiger partial charge in [0.25, 0.3) is 0 Å². The lowest BCUT2D eigenvalue weighted by Crippen LogP contribution is -2.34. The first-order valence-corrected chi connectivity index (χ1v) is 8.43. The number of nitrogens with one attached hydrogen (secondary N) is 1. The van der Waals surface area contributed by atoms with E-state index in [1.165, 1.54) is 12.3 Å². The second-order valence-electron chi connectivity index (χ2n) is 4.55. The van der Waals surface area contributed by atoms with E-state index in [1.807, 2.05) is 6.92 Å². The lowest BCUT2D eigenvalue weighted by atomic mass is 10.1. The van der Waals surface area contributed by atoms with E-state index in [-0.39, 0.29) is 23.7 Å². The highest BCUT2D eigenvalue weighted by molar-refractivity contribution is 9.10. The van der Waals surface area contributed by atoms with Gasteiger partial charge >= 0.3 is 0 Å². The first-order valence-electron chi connectivity index (χ1n) is 5.58. The van der Waals surface area contributed by atoms with Gasteiger partial charge in [-0.25, -0.2) is 12.8 Å². The van der Waals surface area contributed by atoms with Crippen LogP contribution in [0.3, 0.4) is 0 Å². The average molecular weight is 338 g/mol. The molecule has 0 saturated carbocycles. The molecule has 0 aliphatic rings. The second kappa shape index (κ2) is 6.12. The fourth-order valence-corrected chi connectivity index (χ4v) is 3.21. The monoisotopic (exact) mass is 337 g/mol. The molecule has 0 aliphatic heterocycles. The molecule has 0 aromatic heterocycles. The highest BCUT2D eigenvalue weighted by Crippen LogP contribution is 2.21. The third-order valence-electron chi connectivity index (χ3n) is 2.52. The largest absolute Gasteiger partial charge is 0.307 e. The average Bonchev–Trinajstić information content (AvgIpc) is 2.13. The standard InChI is InChI=1S/C12H17BrFNO2S/c1-8(7-18(3,16)17)15-9(2)11-5-4-10(13)6-12(11)14/h4-6,8-9,15H,7H2,1-3H3. The summed E-state index contributed by atoms with van der Waals surface area (Å²) in [5.41, 5.74) is 0.526. The van der Waals surface area contributed by atoms with Crippen LogP contribution >= 0.6 is 15.9 Å². The maximum absolute atomic E-state index is 13.7. The molecular weight excluding hydrogens is 321 g/mol. The molecule has 0 spiro atoms. The smallest absolute Gasteiger partial charge is 0.148 e. The summed E-state index contributed by atoms with van der Waals surface area (Å²) in [5.74, 6) is -0.272. The van der Waals surface area contributed by atoms with Crippen LogP contribution in [-0.2, 0) is 9.84 Å². The molecule has 0 amide bonds. The molecule has 0 heterocycles. The maximum Gasteiger partial charge on any atom is 0.148 e. The summed E-state index contributed by atoms with van der Waals surface area (Å²) < 4.78 is 36.7. The Bertz CT molecular complexity index is 519. The molecule has 1 N–H and O–H groups in total. The van der Waals surface area contributed by atoms with Crippen molar-refractivity contribution in [2.75, 3.05) is 12.0 Å². The minimum atomic E-state index is -3.03. The van der Waals surface area contributed by atoms with Gasteiger partial charge in [0, 0.05) is 28.4 Å². The van der Waals surface area contributed by atoms with Crippen molar-refractivity contribution in [2.24, 2.45) is 0 Å². The Morgan fingerprint density at radius 3 is 2.50 bits per heavy atom. The van der Waals surface area contributed by atoms with Gasteiger partial charge in [0.15, 0.2) is 0 Å². The molecule has 0 saturated heterocycles. The van der Waals surface area contributed by atoms with Crippen LogP contribution in [0.15, 0.2) is 22.7 Å². The van der Waals surface area contributed by atoms with Crippen molar-refractivity contribution in [2.45, 2.75) is 25.9 Å². The summed E-state index contributed by atoms with van der Waals surface area (Å²) in [6, 6.07) is 4.38. The van der Waals surface area contributed by atoms with Crippen molar-refractivity contribution >= 4 is 25.8 Å². The van der Waals surface area contributed by atoms with Crippen LogP contribution in [0.2, 0.25) is 0 Å². The maximum atomic E-state index is 13.7. The number of hydrogen-bond acceptors (Lipinski definition) is 3. The summed E-state index contributed by atoms with van der Waals surface area (Å²) in [5, 5.41) is 3.08. The van der Waals surface area contributed by atoms with E-state index < -0.39 is 9.84 Å². The Kier molecular flexibility index (Phi) is 5.31. The Balaban J connectivity index is 2.73. The predicted octanol–water partition coefficient (Wildman–Crippen LogP) is 2.67. The second-order valence-corrected chi connectivity index (χ2v) is 7.65. The van der Waals surface area contributed by atoms with Gasteiger partial charge in [-0.1, -0.05) is 22.0 Å². The lowest BCUT2D eigenvalue weighted by Gasteiger charge is -2.20. The summed E-state index contributed by atoms with van der Waals surface area (Å²) in [6.07, 6.45) is 1.19. The van der Waals surface area contributed by atoms with Crippen LogP contribution in [0.25, 0.3) is 0 Å². The Hall–Kier alpha value is -0.460. The minimum Gasteiger partial charge on any atom is -0.307 e. The Labute approximate surface area is 116 Å². The van der Waals surface area contributed by atoms with Crippen LogP contribution in [0.4, 0.5) is 4.39 Å². The SMILES string of the molecule is CC(CS(C)(=O)=O)NC(C)c1ccc(Br)cc1F. The highest BCUT2D eigenvalue weighted by Gasteiger charge is 2.16. The van der Waals surface area contributed by atoms with Crippen molar-refractivity contribution in [3.63, 3.8) is 0 Å². The van der Waals surface area contributed by atoms with Gasteiger partial charge in [-0.2, -0.15) is 0 Å². The number of hydrogen-bond donors (Lipinski definition) is 1. The minimum absolute atomic E-state index is 0.0372. The molecule has 3 nitrogen and oxygen atoms in total. The zero-order valence-electron chi connectivity index (χ0n) is 10.6. The molecule has 1 aromatic carbocycles. The van der Waals surface area contributed by atoms with Gasteiger partial charge < -0.3 is 5.32 Å². The number of rotatable bonds is 5. The Morgan fingerprint density at radius 2 is 2.00 bits per heavy atom. The molecule has 102 valence electrons. The van der Waals surface area contributed by atoms with Gasteiger partial charge in [0.1, 0.15) is 15.7 Å². The molecule has 0 fully saturated rings. The van der Waals surface area contributed by atoms with Gasteiger partial charge in [0.2, 0.25) is 0 Å². The van der Waals surface area contributed by atoms with E-state index in [1.54, 1.807) is 19.1 Å². The van der Waals surface area contributed by atoms with Crippen molar-refractivity contribution < 1.29 is 12.8 Å². The summed E-state index contributed by atoms with van der Waals surface area (Å²) in [4.78, 5) is 0. The molecule has 0 radical (unpaired) electrons. The molecule has 2 unspecified atom stereocenters. The zero-order valence-corrected chi connectivity index (χ0v) is 13.0. The normalized spacial score (nSPS) is 15.4. The van der Waals surface area contributed by atoms with Crippen LogP contribution in [0.5, 0.6) is 0 Å². The van der Waals surface area contributed by atoms with E-state index >= 15 is 0 Å². The van der Waals surface area contributed by atoms with E-state index in [2.05, 4.69) is 21.2 Å². The van der Waals surface area contributed by atoms with E-state index in [9.17, 15) is 12.8 Å². The van der Waals surface area contributed by atoms with E-state index in [0.29, 0.717) is 10.0 Å². The molecule has 0 bridgehead atoms. The molecular formula is C12H17BrFNO2S. The highest BCUT2D eigenvalue weighted by atomic mass is 79.9. The summed E-state index contributed by atoms with van der Waals surface area (Å²) in [7, 11) is -3.03. The van der Waals surface area contributed by atoms with Crippen molar-refractivity contribution in [3.8, 4) is 0 Å². The van der Waals surface area contributed by atoms with Gasteiger partial charge in [0.05, 0.1) is 5.75 Å². The first-order chi connectivity index (χ1) is 8.19.